The molecule has 0 unspecified atom stereocenters. The number of benzene rings is 2. The summed E-state index contributed by atoms with van der Waals surface area (Å²) in [5.74, 6) is -0.651. The van der Waals surface area contributed by atoms with Gasteiger partial charge in [0.25, 0.3) is 5.91 Å². The molecular formula is C20H17FN2O3S. The number of halogens is 1. The molecule has 2 aromatic carbocycles. The number of amides is 2. The van der Waals surface area contributed by atoms with Gasteiger partial charge in [-0.2, -0.15) is 0 Å². The van der Waals surface area contributed by atoms with Crippen LogP contribution in [-0.4, -0.2) is 11.8 Å². The summed E-state index contributed by atoms with van der Waals surface area (Å²) < 4.78 is 19.1. The van der Waals surface area contributed by atoms with E-state index in [1.54, 1.807) is 17.8 Å². The zero-order valence-electron chi connectivity index (χ0n) is 14.5. The summed E-state index contributed by atoms with van der Waals surface area (Å²) in [4.78, 5) is 24.8. The first kappa shape index (κ1) is 18.7. The Labute approximate surface area is 160 Å². The monoisotopic (exact) mass is 384 g/mol. The van der Waals surface area contributed by atoms with Crippen molar-refractivity contribution in [1.29, 1.82) is 0 Å². The molecule has 0 bridgehead atoms. The third-order valence-electron chi connectivity index (χ3n) is 3.63. The van der Waals surface area contributed by atoms with Crippen LogP contribution in [0.25, 0.3) is 0 Å². The predicted octanol–water partition coefficient (Wildman–Crippen LogP) is 4.92. The molecule has 0 atom stereocenters. The lowest BCUT2D eigenvalue weighted by atomic mass is 10.2. The molecule has 3 rings (SSSR count). The lowest BCUT2D eigenvalue weighted by Crippen LogP contribution is -2.14. The maximum Gasteiger partial charge on any atom is 0.291 e. The molecule has 7 heteroatoms. The lowest BCUT2D eigenvalue weighted by Gasteiger charge is -2.09. The van der Waals surface area contributed by atoms with E-state index in [-0.39, 0.29) is 11.4 Å². The van der Waals surface area contributed by atoms with Gasteiger partial charge in [0.1, 0.15) is 5.82 Å². The molecule has 1 aromatic heterocycles. The SMILES string of the molecule is CC(=O)Nc1cc(NC(=O)c2occc2CSc2ccccc2)ccc1F. The van der Waals surface area contributed by atoms with Gasteiger partial charge in [-0.15, -0.1) is 11.8 Å². The maximum absolute atomic E-state index is 13.7. The number of carbonyl (C=O) groups is 2. The first-order valence-electron chi connectivity index (χ1n) is 8.15. The molecular weight excluding hydrogens is 367 g/mol. The summed E-state index contributed by atoms with van der Waals surface area (Å²) in [7, 11) is 0. The minimum Gasteiger partial charge on any atom is -0.459 e. The molecule has 3 aromatic rings. The number of furan rings is 1. The van der Waals surface area contributed by atoms with Crippen molar-refractivity contribution >= 4 is 35.0 Å². The number of thioether (sulfide) groups is 1. The molecule has 1 heterocycles. The summed E-state index contributed by atoms with van der Waals surface area (Å²) in [6.45, 7) is 1.28. The Kier molecular flexibility index (Phi) is 5.93. The van der Waals surface area contributed by atoms with Crippen LogP contribution in [0.15, 0.2) is 70.2 Å². The fraction of sp³-hybridized carbons (Fsp3) is 0.100. The number of carbonyl (C=O) groups excluding carboxylic acids is 2. The molecule has 27 heavy (non-hydrogen) atoms. The van der Waals surface area contributed by atoms with Crippen LogP contribution in [0, 0.1) is 5.82 Å². The van der Waals surface area contributed by atoms with Crippen LogP contribution >= 0.6 is 11.8 Å². The Bertz CT molecular complexity index is 957. The zero-order valence-corrected chi connectivity index (χ0v) is 15.3. The second-order valence-corrected chi connectivity index (χ2v) is 6.76. The van der Waals surface area contributed by atoms with Gasteiger partial charge in [-0.05, 0) is 36.4 Å². The third kappa shape index (κ3) is 4.98. The van der Waals surface area contributed by atoms with Gasteiger partial charge in [0, 0.05) is 28.8 Å². The average molecular weight is 384 g/mol. The van der Waals surface area contributed by atoms with Gasteiger partial charge in [0.05, 0.1) is 12.0 Å². The number of hydrogen-bond donors (Lipinski definition) is 2. The summed E-state index contributed by atoms with van der Waals surface area (Å²) in [6, 6.07) is 15.5. The smallest absolute Gasteiger partial charge is 0.291 e. The highest BCUT2D eigenvalue weighted by Crippen LogP contribution is 2.26. The molecule has 5 nitrogen and oxygen atoms in total. The normalized spacial score (nSPS) is 10.4. The Balaban J connectivity index is 1.70. The molecule has 0 saturated heterocycles. The first-order chi connectivity index (χ1) is 13.0. The summed E-state index contributed by atoms with van der Waals surface area (Å²) in [6.07, 6.45) is 1.46. The maximum atomic E-state index is 13.7. The molecule has 0 radical (unpaired) electrons. The van der Waals surface area contributed by atoms with E-state index in [0.29, 0.717) is 11.4 Å². The van der Waals surface area contributed by atoms with Gasteiger partial charge < -0.3 is 15.1 Å². The van der Waals surface area contributed by atoms with Crippen LogP contribution in [0.3, 0.4) is 0 Å². The number of anilines is 2. The van der Waals surface area contributed by atoms with Crippen molar-refractivity contribution < 1.29 is 18.4 Å². The average Bonchev–Trinajstić information content (AvgIpc) is 3.12. The minimum absolute atomic E-state index is 0.000369. The molecule has 2 N–H and O–H groups in total. The van der Waals surface area contributed by atoms with Gasteiger partial charge in [0.15, 0.2) is 5.76 Å². The van der Waals surface area contributed by atoms with E-state index in [9.17, 15) is 14.0 Å². The van der Waals surface area contributed by atoms with E-state index in [4.69, 9.17) is 4.42 Å². The fourth-order valence-corrected chi connectivity index (χ4v) is 3.30. The number of rotatable bonds is 6. The quantitative estimate of drug-likeness (QED) is 0.592. The second kappa shape index (κ2) is 8.55. The van der Waals surface area contributed by atoms with Crippen molar-refractivity contribution in [1.82, 2.24) is 0 Å². The Morgan fingerprint density at radius 2 is 1.85 bits per heavy atom. The van der Waals surface area contributed by atoms with Crippen LogP contribution in [0.4, 0.5) is 15.8 Å². The molecule has 0 fully saturated rings. The highest BCUT2D eigenvalue weighted by molar-refractivity contribution is 7.98. The van der Waals surface area contributed by atoms with E-state index in [0.717, 1.165) is 10.5 Å². The van der Waals surface area contributed by atoms with E-state index in [1.165, 1.54) is 31.4 Å². The van der Waals surface area contributed by atoms with Gasteiger partial charge in [-0.1, -0.05) is 18.2 Å². The molecule has 2 amide bonds. The van der Waals surface area contributed by atoms with Crippen molar-refractivity contribution in [3.8, 4) is 0 Å². The van der Waals surface area contributed by atoms with Gasteiger partial charge in [-0.25, -0.2) is 4.39 Å². The van der Waals surface area contributed by atoms with Gasteiger partial charge in [-0.3, -0.25) is 9.59 Å². The molecule has 0 aliphatic carbocycles. The third-order valence-corrected chi connectivity index (χ3v) is 4.69. The fourth-order valence-electron chi connectivity index (χ4n) is 2.40. The summed E-state index contributed by atoms with van der Waals surface area (Å²) in [5, 5.41) is 5.04. The largest absolute Gasteiger partial charge is 0.459 e. The standard InChI is InChI=1S/C20H17FN2O3S/c1-13(24)22-18-11-15(7-8-17(18)21)23-20(25)19-14(9-10-26-19)12-27-16-5-3-2-4-6-16/h2-11H,12H2,1H3,(H,22,24)(H,23,25). The van der Waals surface area contributed by atoms with Crippen molar-refractivity contribution in [3.63, 3.8) is 0 Å². The number of hydrogen-bond acceptors (Lipinski definition) is 4. The van der Waals surface area contributed by atoms with Gasteiger partial charge >= 0.3 is 0 Å². The molecule has 0 aliphatic rings. The van der Waals surface area contributed by atoms with E-state index < -0.39 is 17.6 Å². The Hall–Kier alpha value is -3.06. The van der Waals surface area contributed by atoms with E-state index >= 15 is 0 Å². The van der Waals surface area contributed by atoms with Crippen LogP contribution in [0.2, 0.25) is 0 Å². The van der Waals surface area contributed by atoms with Crippen LogP contribution in [-0.2, 0) is 10.5 Å². The Morgan fingerprint density at radius 1 is 1.07 bits per heavy atom. The van der Waals surface area contributed by atoms with E-state index in [1.807, 2.05) is 30.3 Å². The highest BCUT2D eigenvalue weighted by Gasteiger charge is 2.16. The summed E-state index contributed by atoms with van der Waals surface area (Å²) in [5.41, 5.74) is 1.10. The van der Waals surface area contributed by atoms with Gasteiger partial charge in [0.2, 0.25) is 5.91 Å². The predicted molar refractivity (Wildman–Crippen MR) is 103 cm³/mol. The topological polar surface area (TPSA) is 71.3 Å². The molecule has 138 valence electrons. The van der Waals surface area contributed by atoms with Crippen LogP contribution in [0.5, 0.6) is 0 Å². The van der Waals surface area contributed by atoms with Crippen molar-refractivity contribution in [2.24, 2.45) is 0 Å². The van der Waals surface area contributed by atoms with Crippen LogP contribution in [0.1, 0.15) is 23.0 Å². The number of nitrogens with one attached hydrogen (secondary N) is 2. The van der Waals surface area contributed by atoms with Crippen LogP contribution < -0.4 is 10.6 Å². The van der Waals surface area contributed by atoms with Crippen molar-refractivity contribution in [2.75, 3.05) is 10.6 Å². The molecule has 0 spiro atoms. The Morgan fingerprint density at radius 3 is 2.59 bits per heavy atom. The first-order valence-corrected chi connectivity index (χ1v) is 9.14. The van der Waals surface area contributed by atoms with Crippen molar-refractivity contribution in [2.45, 2.75) is 17.6 Å². The highest BCUT2D eigenvalue weighted by atomic mass is 32.2. The lowest BCUT2D eigenvalue weighted by molar-refractivity contribution is -0.114. The van der Waals surface area contributed by atoms with E-state index in [2.05, 4.69) is 10.6 Å². The summed E-state index contributed by atoms with van der Waals surface area (Å²) >= 11 is 1.59. The molecule has 0 aliphatic heterocycles. The minimum atomic E-state index is -0.582. The molecule has 0 saturated carbocycles. The zero-order chi connectivity index (χ0) is 19.2. The second-order valence-electron chi connectivity index (χ2n) is 5.71. The van der Waals surface area contributed by atoms with Crippen molar-refractivity contribution in [3.05, 3.63) is 78.0 Å².